The van der Waals surface area contributed by atoms with Crippen LogP contribution in [0.4, 0.5) is 11.6 Å². The number of aliphatic hydroxyl groups excluding tert-OH is 1. The van der Waals surface area contributed by atoms with E-state index in [-0.39, 0.29) is 11.5 Å². The zero-order valence-corrected chi connectivity index (χ0v) is 10.7. The van der Waals surface area contributed by atoms with Crippen LogP contribution < -0.4 is 10.6 Å². The summed E-state index contributed by atoms with van der Waals surface area (Å²) < 4.78 is 0. The number of rotatable bonds is 4. The molecule has 1 aliphatic rings. The summed E-state index contributed by atoms with van der Waals surface area (Å²) in [6, 6.07) is 6.19. The number of anilines is 2. The average molecular weight is 235 g/mol. The minimum absolute atomic E-state index is 0.0735. The van der Waals surface area contributed by atoms with Crippen molar-refractivity contribution < 1.29 is 5.11 Å². The quantitative estimate of drug-likeness (QED) is 0.748. The molecule has 2 atom stereocenters. The Morgan fingerprint density at radius 3 is 2.71 bits per heavy atom. The molecular formula is C13H21N3O. The van der Waals surface area contributed by atoms with Crippen LogP contribution in [0.25, 0.3) is 0 Å². The first-order valence-corrected chi connectivity index (χ1v) is 6.19. The first kappa shape index (κ1) is 12.2. The number of hydrogen-bond acceptors (Lipinski definition) is 4. The maximum Gasteiger partial charge on any atom is 0.128 e. The van der Waals surface area contributed by atoms with Crippen LogP contribution in [0.15, 0.2) is 18.2 Å². The Hall–Kier alpha value is -1.29. The zero-order chi connectivity index (χ0) is 12.5. The Morgan fingerprint density at radius 1 is 1.41 bits per heavy atom. The van der Waals surface area contributed by atoms with E-state index in [2.05, 4.69) is 29.5 Å². The first-order valence-electron chi connectivity index (χ1n) is 6.19. The smallest absolute Gasteiger partial charge is 0.128 e. The van der Waals surface area contributed by atoms with Crippen molar-refractivity contribution in [2.45, 2.75) is 39.3 Å². The highest BCUT2D eigenvalue weighted by molar-refractivity contribution is 5.46. The molecule has 1 fully saturated rings. The molecule has 1 aromatic heterocycles. The van der Waals surface area contributed by atoms with E-state index in [4.69, 9.17) is 0 Å². The van der Waals surface area contributed by atoms with Gasteiger partial charge in [-0.1, -0.05) is 19.9 Å². The lowest BCUT2D eigenvalue weighted by Gasteiger charge is -2.49. The fraction of sp³-hybridized carbons (Fsp3) is 0.615. The van der Waals surface area contributed by atoms with Crippen molar-refractivity contribution in [1.29, 1.82) is 0 Å². The van der Waals surface area contributed by atoms with Gasteiger partial charge in [-0.15, -0.1) is 0 Å². The van der Waals surface area contributed by atoms with Gasteiger partial charge in [0.2, 0.25) is 0 Å². The lowest BCUT2D eigenvalue weighted by atomic mass is 9.64. The minimum atomic E-state index is -0.211. The van der Waals surface area contributed by atoms with E-state index in [1.54, 1.807) is 0 Å². The van der Waals surface area contributed by atoms with Crippen LogP contribution in [0.1, 0.15) is 27.2 Å². The standard InChI is InChI=1S/C13H21N3O/c1-4-14-11-6-5-7-12(16-11)15-9-8-10(17)13(9,2)3/h5-7,9-10,17H,4,8H2,1-3H3,(H2,14,15,16). The molecular weight excluding hydrogens is 214 g/mol. The second-order valence-corrected chi connectivity index (χ2v) is 5.21. The highest BCUT2D eigenvalue weighted by Crippen LogP contribution is 2.41. The van der Waals surface area contributed by atoms with Gasteiger partial charge in [-0.2, -0.15) is 0 Å². The van der Waals surface area contributed by atoms with E-state index in [0.29, 0.717) is 6.04 Å². The molecule has 0 aromatic carbocycles. The molecule has 3 N–H and O–H groups in total. The van der Waals surface area contributed by atoms with Crippen molar-refractivity contribution >= 4 is 11.6 Å². The van der Waals surface area contributed by atoms with E-state index in [9.17, 15) is 5.11 Å². The summed E-state index contributed by atoms with van der Waals surface area (Å²) in [5.41, 5.74) is -0.0735. The molecule has 0 saturated heterocycles. The predicted octanol–water partition coefficient (Wildman–Crippen LogP) is 2.08. The van der Waals surface area contributed by atoms with Crippen molar-refractivity contribution in [1.82, 2.24) is 4.98 Å². The minimum Gasteiger partial charge on any atom is -0.392 e. The van der Waals surface area contributed by atoms with Gasteiger partial charge in [0.15, 0.2) is 0 Å². The molecule has 1 saturated carbocycles. The average Bonchev–Trinajstić information content (AvgIpc) is 2.30. The van der Waals surface area contributed by atoms with Crippen LogP contribution >= 0.6 is 0 Å². The summed E-state index contributed by atoms with van der Waals surface area (Å²) >= 11 is 0. The van der Waals surface area contributed by atoms with Crippen LogP contribution in [0, 0.1) is 5.41 Å². The van der Waals surface area contributed by atoms with Gasteiger partial charge in [-0.25, -0.2) is 4.98 Å². The van der Waals surface area contributed by atoms with Crippen LogP contribution in [0.5, 0.6) is 0 Å². The number of hydrogen-bond donors (Lipinski definition) is 3. The van der Waals surface area contributed by atoms with Gasteiger partial charge in [0.05, 0.1) is 6.10 Å². The first-order chi connectivity index (χ1) is 8.04. The fourth-order valence-electron chi connectivity index (χ4n) is 2.12. The van der Waals surface area contributed by atoms with Gasteiger partial charge < -0.3 is 15.7 Å². The molecule has 1 heterocycles. The second kappa shape index (κ2) is 4.53. The monoisotopic (exact) mass is 235 g/mol. The van der Waals surface area contributed by atoms with Crippen molar-refractivity contribution in [2.24, 2.45) is 5.41 Å². The number of nitrogens with one attached hydrogen (secondary N) is 2. The van der Waals surface area contributed by atoms with Crippen LogP contribution in [-0.4, -0.2) is 28.8 Å². The largest absolute Gasteiger partial charge is 0.392 e. The predicted molar refractivity (Wildman–Crippen MR) is 70.2 cm³/mol. The lowest BCUT2D eigenvalue weighted by molar-refractivity contribution is -0.0511. The maximum atomic E-state index is 9.69. The van der Waals surface area contributed by atoms with Crippen LogP contribution in [0.3, 0.4) is 0 Å². The Bertz CT molecular complexity index is 392. The Balaban J connectivity index is 2.02. The lowest BCUT2D eigenvalue weighted by Crippen LogP contribution is -2.57. The summed E-state index contributed by atoms with van der Waals surface area (Å²) in [5, 5.41) is 16.3. The van der Waals surface area contributed by atoms with Crippen LogP contribution in [-0.2, 0) is 0 Å². The van der Waals surface area contributed by atoms with Crippen molar-refractivity contribution in [3.63, 3.8) is 0 Å². The molecule has 0 amide bonds. The molecule has 0 bridgehead atoms. The molecule has 0 radical (unpaired) electrons. The number of aromatic nitrogens is 1. The second-order valence-electron chi connectivity index (χ2n) is 5.21. The highest BCUT2D eigenvalue weighted by Gasteiger charge is 2.47. The van der Waals surface area contributed by atoms with Gasteiger partial charge in [-0.3, -0.25) is 0 Å². The summed E-state index contributed by atoms with van der Waals surface area (Å²) in [5.74, 6) is 1.75. The van der Waals surface area contributed by atoms with Crippen molar-refractivity contribution in [3.8, 4) is 0 Å². The molecule has 4 nitrogen and oxygen atoms in total. The van der Waals surface area contributed by atoms with Crippen molar-refractivity contribution in [2.75, 3.05) is 17.2 Å². The topological polar surface area (TPSA) is 57.2 Å². The molecule has 1 aromatic rings. The summed E-state index contributed by atoms with van der Waals surface area (Å²) in [6.07, 6.45) is 0.581. The van der Waals surface area contributed by atoms with Gasteiger partial charge in [0, 0.05) is 18.0 Å². The number of aliphatic hydroxyl groups is 1. The summed E-state index contributed by atoms with van der Waals surface area (Å²) in [4.78, 5) is 4.47. The molecule has 0 aliphatic heterocycles. The molecule has 2 unspecified atom stereocenters. The molecule has 94 valence electrons. The zero-order valence-electron chi connectivity index (χ0n) is 10.7. The molecule has 0 spiro atoms. The third-order valence-corrected chi connectivity index (χ3v) is 3.65. The van der Waals surface area contributed by atoms with E-state index in [1.807, 2.05) is 25.1 Å². The van der Waals surface area contributed by atoms with E-state index in [1.165, 1.54) is 0 Å². The Morgan fingerprint density at radius 2 is 2.12 bits per heavy atom. The Kier molecular flexibility index (Phi) is 3.24. The SMILES string of the molecule is CCNc1cccc(NC2CC(O)C2(C)C)n1. The van der Waals surface area contributed by atoms with Gasteiger partial charge in [0.25, 0.3) is 0 Å². The van der Waals surface area contributed by atoms with E-state index >= 15 is 0 Å². The summed E-state index contributed by atoms with van der Waals surface area (Å²) in [7, 11) is 0. The number of pyridine rings is 1. The van der Waals surface area contributed by atoms with Gasteiger partial charge in [-0.05, 0) is 25.5 Å². The van der Waals surface area contributed by atoms with Gasteiger partial charge in [0.1, 0.15) is 11.6 Å². The molecule has 2 rings (SSSR count). The maximum absolute atomic E-state index is 9.69. The highest BCUT2D eigenvalue weighted by atomic mass is 16.3. The number of nitrogens with zero attached hydrogens (tertiary/aromatic N) is 1. The van der Waals surface area contributed by atoms with Gasteiger partial charge >= 0.3 is 0 Å². The fourth-order valence-corrected chi connectivity index (χ4v) is 2.12. The Labute approximate surface area is 102 Å². The van der Waals surface area contributed by atoms with Crippen LogP contribution in [0.2, 0.25) is 0 Å². The normalized spacial score (nSPS) is 26.1. The third-order valence-electron chi connectivity index (χ3n) is 3.65. The van der Waals surface area contributed by atoms with E-state index in [0.717, 1.165) is 24.6 Å². The molecule has 4 heteroatoms. The molecule has 1 aliphatic carbocycles. The van der Waals surface area contributed by atoms with E-state index < -0.39 is 0 Å². The van der Waals surface area contributed by atoms with Crippen molar-refractivity contribution in [3.05, 3.63) is 18.2 Å². The summed E-state index contributed by atoms with van der Waals surface area (Å²) in [6.45, 7) is 7.07. The molecule has 17 heavy (non-hydrogen) atoms. The third kappa shape index (κ3) is 2.36.